The quantitative estimate of drug-likeness (QED) is 0.503. The van der Waals surface area contributed by atoms with Gasteiger partial charge in [-0.1, -0.05) is 30.6 Å². The number of carbonyl (C=O) groups excluding carboxylic acids is 2. The zero-order chi connectivity index (χ0) is 24.1. The van der Waals surface area contributed by atoms with Gasteiger partial charge in [0.1, 0.15) is 5.54 Å². The first-order valence-electron chi connectivity index (χ1n) is 12.7. The number of anilines is 1. The molecule has 2 saturated carbocycles. The predicted molar refractivity (Wildman–Crippen MR) is 136 cm³/mol. The van der Waals surface area contributed by atoms with E-state index in [2.05, 4.69) is 67.3 Å². The summed E-state index contributed by atoms with van der Waals surface area (Å²) in [5, 5.41) is 3.17. The van der Waals surface area contributed by atoms with Crippen molar-refractivity contribution in [2.45, 2.75) is 70.3 Å². The SMILES string of the molecule is CC#C[C@]1(NC=O)CC[C@H]2[C@@H]3CCC4=CC(=O)C[C@@H](c5ccc(N(C)C)cc5)C4=C3CC[C@@]21C. The van der Waals surface area contributed by atoms with Crippen LogP contribution in [-0.2, 0) is 9.59 Å². The first kappa shape index (κ1) is 23.0. The molecule has 0 radical (unpaired) electrons. The maximum Gasteiger partial charge on any atom is 0.208 e. The zero-order valence-electron chi connectivity index (χ0n) is 20.9. The van der Waals surface area contributed by atoms with Gasteiger partial charge in [-0.25, -0.2) is 0 Å². The van der Waals surface area contributed by atoms with Crippen molar-refractivity contribution >= 4 is 17.9 Å². The Morgan fingerprint density at radius 1 is 1.12 bits per heavy atom. The Balaban J connectivity index is 1.57. The van der Waals surface area contributed by atoms with E-state index in [-0.39, 0.29) is 17.1 Å². The van der Waals surface area contributed by atoms with E-state index in [0.717, 1.165) is 44.9 Å². The lowest BCUT2D eigenvalue weighted by Crippen LogP contribution is -2.56. The number of rotatable bonds is 4. The van der Waals surface area contributed by atoms with Gasteiger partial charge in [-0.3, -0.25) is 9.59 Å². The third-order valence-electron chi connectivity index (χ3n) is 9.43. The van der Waals surface area contributed by atoms with E-state index in [0.29, 0.717) is 18.3 Å². The molecule has 4 aliphatic carbocycles. The van der Waals surface area contributed by atoms with Gasteiger partial charge in [0.05, 0.1) is 0 Å². The van der Waals surface area contributed by atoms with Crippen molar-refractivity contribution in [1.82, 2.24) is 5.32 Å². The van der Waals surface area contributed by atoms with Crippen LogP contribution in [0.1, 0.15) is 70.3 Å². The number of nitrogens with zero attached hydrogens (tertiary/aromatic N) is 1. The Morgan fingerprint density at radius 2 is 1.88 bits per heavy atom. The summed E-state index contributed by atoms with van der Waals surface area (Å²) in [5.74, 6) is 7.99. The van der Waals surface area contributed by atoms with Crippen LogP contribution < -0.4 is 10.2 Å². The number of carbonyl (C=O) groups is 2. The Morgan fingerprint density at radius 3 is 2.56 bits per heavy atom. The van der Waals surface area contributed by atoms with Gasteiger partial charge in [-0.15, -0.1) is 5.92 Å². The average molecular weight is 457 g/mol. The smallest absolute Gasteiger partial charge is 0.208 e. The molecule has 1 N–H and O–H groups in total. The second kappa shape index (κ2) is 8.45. The highest BCUT2D eigenvalue weighted by atomic mass is 16.1. The third kappa shape index (κ3) is 3.35. The molecule has 0 heterocycles. The van der Waals surface area contributed by atoms with Gasteiger partial charge >= 0.3 is 0 Å². The topological polar surface area (TPSA) is 49.4 Å². The van der Waals surface area contributed by atoms with Gasteiger partial charge < -0.3 is 10.2 Å². The molecule has 0 aliphatic heterocycles. The molecular weight excluding hydrogens is 420 g/mol. The third-order valence-corrected chi connectivity index (χ3v) is 9.43. The molecule has 5 atom stereocenters. The summed E-state index contributed by atoms with van der Waals surface area (Å²) in [7, 11) is 4.11. The van der Waals surface area contributed by atoms with Crippen LogP contribution in [-0.4, -0.2) is 31.8 Å². The van der Waals surface area contributed by atoms with Crippen LogP contribution in [0, 0.1) is 29.1 Å². The fraction of sp³-hybridized carbons (Fsp3) is 0.533. The summed E-state index contributed by atoms with van der Waals surface area (Å²) in [6.45, 7) is 4.24. The molecule has 2 fully saturated rings. The number of benzene rings is 1. The minimum absolute atomic E-state index is 0.0276. The second-order valence-electron chi connectivity index (χ2n) is 11.1. The van der Waals surface area contributed by atoms with Crippen molar-refractivity contribution in [3.05, 3.63) is 52.6 Å². The summed E-state index contributed by atoms with van der Waals surface area (Å²) in [6, 6.07) is 8.76. The molecule has 0 saturated heterocycles. The lowest BCUT2D eigenvalue weighted by Gasteiger charge is -2.52. The fourth-order valence-corrected chi connectivity index (χ4v) is 7.76. The Kier molecular flexibility index (Phi) is 5.71. The van der Waals surface area contributed by atoms with E-state index in [1.807, 2.05) is 13.0 Å². The Hall–Kier alpha value is -2.80. The first-order chi connectivity index (χ1) is 16.3. The van der Waals surface area contributed by atoms with Gasteiger partial charge in [0, 0.05) is 37.5 Å². The molecule has 1 amide bonds. The molecule has 0 spiro atoms. The van der Waals surface area contributed by atoms with Crippen LogP contribution in [0.5, 0.6) is 0 Å². The summed E-state index contributed by atoms with van der Waals surface area (Å²) in [4.78, 5) is 26.4. The molecule has 1 aromatic rings. The van der Waals surface area contributed by atoms with Crippen molar-refractivity contribution in [3.63, 3.8) is 0 Å². The molecule has 4 nitrogen and oxygen atoms in total. The molecule has 0 unspecified atom stereocenters. The van der Waals surface area contributed by atoms with Crippen LogP contribution in [0.3, 0.4) is 0 Å². The zero-order valence-corrected chi connectivity index (χ0v) is 20.9. The Labute approximate surface area is 203 Å². The summed E-state index contributed by atoms with van der Waals surface area (Å²) >= 11 is 0. The van der Waals surface area contributed by atoms with E-state index in [1.165, 1.54) is 22.4 Å². The summed E-state index contributed by atoms with van der Waals surface area (Å²) in [6.07, 6.45) is 9.49. The van der Waals surface area contributed by atoms with Gasteiger partial charge in [-0.05, 0) is 92.2 Å². The standard InChI is InChI=1S/C30H36N2O2/c1-5-14-30(31-19-33)16-13-27-24-11-8-21-17-23(34)18-26(20-6-9-22(10-7-20)32(3)4)28(21)25(24)12-15-29(27,30)2/h6-7,9-10,17,19,24,26-27H,8,11-13,15-16,18H2,1-4H3,(H,31,33)/t24-,26+,27+,29+,30+/m1/s1. The van der Waals surface area contributed by atoms with Gasteiger partial charge in [-0.2, -0.15) is 0 Å². The number of amides is 1. The summed E-state index contributed by atoms with van der Waals surface area (Å²) < 4.78 is 0. The van der Waals surface area contributed by atoms with E-state index in [1.54, 1.807) is 5.57 Å². The van der Waals surface area contributed by atoms with E-state index in [9.17, 15) is 9.59 Å². The van der Waals surface area contributed by atoms with Crippen molar-refractivity contribution < 1.29 is 9.59 Å². The minimum Gasteiger partial charge on any atom is -0.378 e. The van der Waals surface area contributed by atoms with E-state index in [4.69, 9.17) is 0 Å². The number of allylic oxidation sites excluding steroid dienone is 4. The number of fused-ring (bicyclic) bond motifs is 4. The highest BCUT2D eigenvalue weighted by Gasteiger charge is 2.61. The van der Waals surface area contributed by atoms with Crippen LogP contribution >= 0.6 is 0 Å². The van der Waals surface area contributed by atoms with Crippen LogP contribution in [0.15, 0.2) is 47.1 Å². The first-order valence-corrected chi connectivity index (χ1v) is 12.7. The van der Waals surface area contributed by atoms with Crippen molar-refractivity contribution in [2.24, 2.45) is 17.3 Å². The molecule has 178 valence electrons. The number of ketones is 1. The molecule has 34 heavy (non-hydrogen) atoms. The van der Waals surface area contributed by atoms with Crippen LogP contribution in [0.4, 0.5) is 5.69 Å². The maximum absolute atomic E-state index is 12.7. The average Bonchev–Trinajstić information content (AvgIpc) is 3.11. The normalized spacial score (nSPS) is 34.2. The molecule has 1 aromatic carbocycles. The molecular formula is C30H36N2O2. The monoisotopic (exact) mass is 456 g/mol. The lowest BCUT2D eigenvalue weighted by atomic mass is 9.53. The van der Waals surface area contributed by atoms with Crippen molar-refractivity contribution in [3.8, 4) is 11.8 Å². The van der Waals surface area contributed by atoms with Gasteiger partial charge in [0.15, 0.2) is 5.78 Å². The number of hydrogen-bond donors (Lipinski definition) is 1. The van der Waals surface area contributed by atoms with Gasteiger partial charge in [0.25, 0.3) is 0 Å². The van der Waals surface area contributed by atoms with Crippen molar-refractivity contribution in [2.75, 3.05) is 19.0 Å². The second-order valence-corrected chi connectivity index (χ2v) is 11.1. The Bertz CT molecular complexity index is 1130. The predicted octanol–water partition coefficient (Wildman–Crippen LogP) is 5.16. The minimum atomic E-state index is -0.426. The number of nitrogens with one attached hydrogen (secondary N) is 1. The molecule has 0 aromatic heterocycles. The highest BCUT2D eigenvalue weighted by molar-refractivity contribution is 5.94. The lowest BCUT2D eigenvalue weighted by molar-refractivity contribution is -0.115. The molecule has 5 rings (SSSR count). The molecule has 4 heteroatoms. The van der Waals surface area contributed by atoms with Crippen LogP contribution in [0.25, 0.3) is 0 Å². The number of hydrogen-bond acceptors (Lipinski definition) is 3. The molecule has 0 bridgehead atoms. The highest BCUT2D eigenvalue weighted by Crippen LogP contribution is 2.64. The van der Waals surface area contributed by atoms with Gasteiger partial charge in [0.2, 0.25) is 6.41 Å². The van der Waals surface area contributed by atoms with E-state index < -0.39 is 5.54 Å². The summed E-state index contributed by atoms with van der Waals surface area (Å²) in [5.41, 5.74) is 6.29. The maximum atomic E-state index is 12.7. The van der Waals surface area contributed by atoms with E-state index >= 15 is 0 Å². The fourth-order valence-electron chi connectivity index (χ4n) is 7.76. The largest absolute Gasteiger partial charge is 0.378 e. The molecule has 4 aliphatic rings. The van der Waals surface area contributed by atoms with Crippen LogP contribution in [0.2, 0.25) is 0 Å². The van der Waals surface area contributed by atoms with Crippen molar-refractivity contribution in [1.29, 1.82) is 0 Å².